The molecule has 0 aromatic heterocycles. The van der Waals surface area contributed by atoms with Gasteiger partial charge in [0, 0.05) is 30.2 Å². The molecule has 2 rings (SSSR count). The third-order valence-electron chi connectivity index (χ3n) is 3.33. The monoisotopic (exact) mass is 351 g/mol. The summed E-state index contributed by atoms with van der Waals surface area (Å²) in [7, 11) is 0. The third kappa shape index (κ3) is 4.48. The van der Waals surface area contributed by atoms with E-state index in [1.807, 2.05) is 0 Å². The second-order valence-corrected chi connectivity index (χ2v) is 5.48. The number of nitro groups is 2. The quantitative estimate of drug-likeness (QED) is 0.584. The Morgan fingerprint density at radius 2 is 1.79 bits per heavy atom. The summed E-state index contributed by atoms with van der Waals surface area (Å²) < 4.78 is 0. The van der Waals surface area contributed by atoms with Crippen LogP contribution in [0.4, 0.5) is 11.4 Å². The van der Waals surface area contributed by atoms with Crippen molar-refractivity contribution in [1.82, 2.24) is 5.32 Å². The number of halogens is 1. The van der Waals surface area contributed by atoms with Crippen LogP contribution in [0.1, 0.15) is 17.2 Å². The zero-order valence-corrected chi connectivity index (χ0v) is 13.1. The van der Waals surface area contributed by atoms with Crippen molar-refractivity contribution in [1.29, 1.82) is 0 Å². The summed E-state index contributed by atoms with van der Waals surface area (Å²) in [4.78, 5) is 20.1. The topological polar surface area (TPSA) is 119 Å². The predicted octanol–water partition coefficient (Wildman–Crippen LogP) is 2.98. The molecule has 2 N–H and O–H groups in total. The second-order valence-electron chi connectivity index (χ2n) is 5.04. The minimum absolute atomic E-state index is 0.200. The van der Waals surface area contributed by atoms with E-state index in [4.69, 9.17) is 11.6 Å². The molecule has 0 fully saturated rings. The fraction of sp³-hybridized carbons (Fsp3) is 0.200. The molecule has 0 spiro atoms. The summed E-state index contributed by atoms with van der Waals surface area (Å²) in [5.74, 6) is 0. The first-order valence-electron chi connectivity index (χ1n) is 6.94. The van der Waals surface area contributed by atoms with Gasteiger partial charge in [0.25, 0.3) is 0 Å². The number of nitrogens with one attached hydrogen (secondary N) is 1. The molecular weight excluding hydrogens is 338 g/mol. The molecule has 8 nitrogen and oxygen atoms in total. The molecule has 0 saturated carbocycles. The van der Waals surface area contributed by atoms with E-state index in [9.17, 15) is 25.3 Å². The van der Waals surface area contributed by atoms with Gasteiger partial charge >= 0.3 is 11.4 Å². The number of hydrogen-bond acceptors (Lipinski definition) is 6. The van der Waals surface area contributed by atoms with Crippen molar-refractivity contribution < 1.29 is 15.0 Å². The maximum Gasteiger partial charge on any atom is 0.346 e. The highest BCUT2D eigenvalue weighted by Gasteiger charge is 2.23. The maximum absolute atomic E-state index is 10.9. The Labute approximate surface area is 142 Å². The van der Waals surface area contributed by atoms with Crippen LogP contribution in [-0.2, 0) is 6.54 Å². The summed E-state index contributed by atoms with van der Waals surface area (Å²) in [6.45, 7) is 0.418. The number of hydrogen-bond donors (Lipinski definition) is 2. The number of nitro benzene ring substituents is 2. The Morgan fingerprint density at radius 1 is 1.08 bits per heavy atom. The minimum atomic E-state index is -0.795. The van der Waals surface area contributed by atoms with E-state index >= 15 is 0 Å². The van der Waals surface area contributed by atoms with Gasteiger partial charge in [-0.3, -0.25) is 20.2 Å². The smallest absolute Gasteiger partial charge is 0.346 e. The maximum atomic E-state index is 10.9. The van der Waals surface area contributed by atoms with Crippen molar-refractivity contribution in [3.8, 4) is 0 Å². The van der Waals surface area contributed by atoms with Gasteiger partial charge in [-0.1, -0.05) is 29.8 Å². The Kier molecular flexibility index (Phi) is 5.80. The van der Waals surface area contributed by atoms with Gasteiger partial charge in [-0.2, -0.15) is 0 Å². The molecule has 0 amide bonds. The van der Waals surface area contributed by atoms with Gasteiger partial charge in [0.1, 0.15) is 0 Å². The lowest BCUT2D eigenvalue weighted by Gasteiger charge is -2.12. The molecule has 0 aliphatic rings. The van der Waals surface area contributed by atoms with Gasteiger partial charge in [0.2, 0.25) is 0 Å². The van der Waals surface area contributed by atoms with E-state index in [0.717, 1.165) is 12.1 Å². The Hall–Kier alpha value is -2.55. The van der Waals surface area contributed by atoms with Crippen LogP contribution in [0.3, 0.4) is 0 Å². The first-order chi connectivity index (χ1) is 11.4. The van der Waals surface area contributed by atoms with Gasteiger partial charge in [-0.25, -0.2) is 0 Å². The molecule has 0 bridgehead atoms. The molecule has 2 aromatic carbocycles. The number of rotatable bonds is 7. The highest BCUT2D eigenvalue weighted by molar-refractivity contribution is 6.30. The van der Waals surface area contributed by atoms with E-state index in [2.05, 4.69) is 5.32 Å². The number of aliphatic hydroxyl groups excluding tert-OH is 1. The molecule has 126 valence electrons. The fourth-order valence-corrected chi connectivity index (χ4v) is 2.36. The van der Waals surface area contributed by atoms with Crippen molar-refractivity contribution in [3.63, 3.8) is 0 Å². The van der Waals surface area contributed by atoms with E-state index in [0.29, 0.717) is 16.1 Å². The van der Waals surface area contributed by atoms with Crippen LogP contribution in [0.5, 0.6) is 0 Å². The Bertz CT molecular complexity index is 769. The van der Waals surface area contributed by atoms with Crippen LogP contribution in [0, 0.1) is 20.2 Å². The standard InChI is InChI=1S/C15H14ClN3O5/c16-12-3-1-2-11(7-12)15(20)9-17-8-10-4-5-13(18(21)22)14(6-10)19(23)24/h1-7,15,17,20H,8-9H2. The average Bonchev–Trinajstić information content (AvgIpc) is 2.54. The molecule has 0 saturated heterocycles. The van der Waals surface area contributed by atoms with E-state index in [1.165, 1.54) is 6.07 Å². The van der Waals surface area contributed by atoms with Crippen molar-refractivity contribution in [2.45, 2.75) is 12.6 Å². The van der Waals surface area contributed by atoms with Crippen LogP contribution in [0.2, 0.25) is 5.02 Å². The molecule has 1 atom stereocenters. The van der Waals surface area contributed by atoms with Gasteiger partial charge in [-0.15, -0.1) is 0 Å². The molecule has 0 aliphatic heterocycles. The second kappa shape index (κ2) is 7.82. The summed E-state index contributed by atoms with van der Waals surface area (Å²) in [6.07, 6.45) is -0.795. The largest absolute Gasteiger partial charge is 0.387 e. The summed E-state index contributed by atoms with van der Waals surface area (Å²) in [5.41, 5.74) is 0.0349. The molecule has 0 aliphatic carbocycles. The number of aliphatic hydroxyl groups is 1. The van der Waals surface area contributed by atoms with E-state index < -0.39 is 27.3 Å². The van der Waals surface area contributed by atoms with Gasteiger partial charge in [0.05, 0.1) is 16.0 Å². The first-order valence-corrected chi connectivity index (χ1v) is 7.32. The summed E-state index contributed by atoms with van der Waals surface area (Å²) in [6, 6.07) is 10.5. The fourth-order valence-electron chi connectivity index (χ4n) is 2.16. The van der Waals surface area contributed by atoms with Gasteiger partial charge < -0.3 is 10.4 Å². The Balaban J connectivity index is 2.00. The molecule has 0 radical (unpaired) electrons. The number of nitrogens with zero attached hydrogens (tertiary/aromatic N) is 2. The normalized spacial score (nSPS) is 11.9. The van der Waals surface area contributed by atoms with Crippen molar-refractivity contribution >= 4 is 23.0 Å². The lowest BCUT2D eigenvalue weighted by atomic mass is 10.1. The average molecular weight is 352 g/mol. The molecule has 9 heteroatoms. The summed E-state index contributed by atoms with van der Waals surface area (Å²) >= 11 is 5.86. The molecule has 0 heterocycles. The zero-order valence-electron chi connectivity index (χ0n) is 12.4. The molecule has 1 unspecified atom stereocenters. The van der Waals surface area contributed by atoms with Gasteiger partial charge in [0.15, 0.2) is 0 Å². The summed E-state index contributed by atoms with van der Waals surface area (Å²) in [5, 5.41) is 35.2. The van der Waals surface area contributed by atoms with Crippen LogP contribution in [0.25, 0.3) is 0 Å². The highest BCUT2D eigenvalue weighted by atomic mass is 35.5. The van der Waals surface area contributed by atoms with Crippen molar-refractivity contribution in [3.05, 3.63) is 78.8 Å². The minimum Gasteiger partial charge on any atom is -0.387 e. The van der Waals surface area contributed by atoms with Crippen molar-refractivity contribution in [2.75, 3.05) is 6.54 Å². The Morgan fingerprint density at radius 3 is 2.42 bits per heavy atom. The van der Waals surface area contributed by atoms with E-state index in [-0.39, 0.29) is 13.1 Å². The first kappa shape index (κ1) is 17.8. The highest BCUT2D eigenvalue weighted by Crippen LogP contribution is 2.27. The third-order valence-corrected chi connectivity index (χ3v) is 3.57. The van der Waals surface area contributed by atoms with Crippen LogP contribution in [0.15, 0.2) is 42.5 Å². The zero-order chi connectivity index (χ0) is 17.7. The van der Waals surface area contributed by atoms with Crippen molar-refractivity contribution in [2.24, 2.45) is 0 Å². The number of benzene rings is 2. The lowest BCUT2D eigenvalue weighted by molar-refractivity contribution is -0.422. The molecule has 24 heavy (non-hydrogen) atoms. The van der Waals surface area contributed by atoms with Crippen LogP contribution < -0.4 is 5.32 Å². The predicted molar refractivity (Wildman–Crippen MR) is 87.9 cm³/mol. The molecular formula is C15H14ClN3O5. The SMILES string of the molecule is O=[N+]([O-])c1ccc(CNCC(O)c2cccc(Cl)c2)cc1[N+](=O)[O-]. The van der Waals surface area contributed by atoms with Crippen LogP contribution in [-0.4, -0.2) is 21.5 Å². The van der Waals surface area contributed by atoms with Gasteiger partial charge in [-0.05, 0) is 23.3 Å². The van der Waals surface area contributed by atoms with E-state index in [1.54, 1.807) is 24.3 Å². The molecule has 2 aromatic rings. The lowest BCUT2D eigenvalue weighted by Crippen LogP contribution is -2.21. The van der Waals surface area contributed by atoms with Crippen LogP contribution >= 0.6 is 11.6 Å².